The number of halogens is 1. The summed E-state index contributed by atoms with van der Waals surface area (Å²) in [4.78, 5) is 20.8. The Hall–Kier alpha value is -3.63. The highest BCUT2D eigenvalue weighted by molar-refractivity contribution is 5.79. The van der Waals surface area contributed by atoms with Crippen LogP contribution >= 0.6 is 0 Å². The van der Waals surface area contributed by atoms with E-state index >= 15 is 0 Å². The third-order valence-corrected chi connectivity index (χ3v) is 7.40. The summed E-state index contributed by atoms with van der Waals surface area (Å²) in [5.74, 6) is 0.390. The van der Waals surface area contributed by atoms with Crippen molar-refractivity contribution in [3.8, 4) is 0 Å². The summed E-state index contributed by atoms with van der Waals surface area (Å²) in [5.41, 5.74) is 2.92. The van der Waals surface area contributed by atoms with E-state index in [2.05, 4.69) is 25.4 Å². The minimum absolute atomic E-state index is 0.0543. The molecule has 6 rings (SSSR count). The van der Waals surface area contributed by atoms with E-state index in [0.717, 1.165) is 35.9 Å². The molecule has 2 aromatic carbocycles. The maximum Gasteiger partial charge on any atom is 0.253 e. The van der Waals surface area contributed by atoms with Crippen LogP contribution in [0.5, 0.6) is 0 Å². The predicted molar refractivity (Wildman–Crippen MR) is 138 cm³/mol. The molecule has 0 bridgehead atoms. The van der Waals surface area contributed by atoms with E-state index in [1.54, 1.807) is 16.8 Å². The molecule has 192 valence electrons. The van der Waals surface area contributed by atoms with Crippen LogP contribution < -0.4 is 10.5 Å². The molecule has 4 aromatic rings. The van der Waals surface area contributed by atoms with Gasteiger partial charge in [0, 0.05) is 43.9 Å². The number of nitrogens with one attached hydrogen (secondary N) is 1. The van der Waals surface area contributed by atoms with Crippen LogP contribution in [0, 0.1) is 12.7 Å². The monoisotopic (exact) mass is 503 g/mol. The van der Waals surface area contributed by atoms with Gasteiger partial charge in [-0.3, -0.25) is 9.69 Å². The number of anilines is 1. The number of piperazine rings is 1. The lowest BCUT2D eigenvalue weighted by atomic mass is 10.0. The minimum atomic E-state index is -0.450. The number of aromatic nitrogens is 5. The van der Waals surface area contributed by atoms with Crippen molar-refractivity contribution in [2.24, 2.45) is 0 Å². The molecule has 2 aromatic heterocycles. The van der Waals surface area contributed by atoms with E-state index in [-0.39, 0.29) is 17.5 Å². The van der Waals surface area contributed by atoms with Gasteiger partial charge >= 0.3 is 0 Å². The molecule has 0 amide bonds. The fraction of sp³-hybridized carbons (Fsp3) is 0.407. The lowest BCUT2D eigenvalue weighted by molar-refractivity contribution is 0.0906. The third-order valence-electron chi connectivity index (χ3n) is 7.40. The topological polar surface area (TPSA) is 92.2 Å². The Balaban J connectivity index is 1.37. The lowest BCUT2D eigenvalue weighted by Gasteiger charge is -2.39. The summed E-state index contributed by atoms with van der Waals surface area (Å²) in [6, 6.07) is 14.4. The molecule has 1 N–H and O–H groups in total. The van der Waals surface area contributed by atoms with Crippen molar-refractivity contribution >= 4 is 16.6 Å². The number of rotatable bonds is 6. The standard InChI is InChI=1S/C27H30FN7O2/c1-18-8-9-19-16-21(27(36)29-23(19)15-18)25(26-30-31-32-35(26)17-20-5-4-14-37-20)34-12-10-33(11-13-34)24-7-3-2-6-22(24)28/h2-3,6-9,15-16,20,25H,4-5,10-14,17H2,1H3,(H,29,36)/t20-,25+/m0/s1. The first-order valence-corrected chi connectivity index (χ1v) is 12.8. The van der Waals surface area contributed by atoms with Crippen molar-refractivity contribution in [2.45, 2.75) is 38.5 Å². The van der Waals surface area contributed by atoms with Crippen LogP contribution in [-0.2, 0) is 11.3 Å². The number of H-pyrrole nitrogens is 1. The van der Waals surface area contributed by atoms with Crippen molar-refractivity contribution in [3.63, 3.8) is 0 Å². The molecule has 37 heavy (non-hydrogen) atoms. The Morgan fingerprint density at radius 3 is 2.76 bits per heavy atom. The quantitative estimate of drug-likeness (QED) is 0.432. The molecule has 9 nitrogen and oxygen atoms in total. The number of hydrogen-bond acceptors (Lipinski definition) is 7. The second-order valence-electron chi connectivity index (χ2n) is 9.88. The van der Waals surface area contributed by atoms with E-state index in [0.29, 0.717) is 49.8 Å². The van der Waals surface area contributed by atoms with Crippen LogP contribution in [0.4, 0.5) is 10.1 Å². The van der Waals surface area contributed by atoms with Crippen LogP contribution in [0.15, 0.2) is 53.3 Å². The highest BCUT2D eigenvalue weighted by Crippen LogP contribution is 2.30. The number of fused-ring (bicyclic) bond motifs is 1. The molecule has 2 aliphatic rings. The summed E-state index contributed by atoms with van der Waals surface area (Å²) < 4.78 is 22.1. The van der Waals surface area contributed by atoms with E-state index in [9.17, 15) is 9.18 Å². The minimum Gasteiger partial charge on any atom is -0.376 e. The number of benzene rings is 2. The molecule has 2 aliphatic heterocycles. The van der Waals surface area contributed by atoms with Crippen molar-refractivity contribution in [2.75, 3.05) is 37.7 Å². The molecular weight excluding hydrogens is 473 g/mol. The van der Waals surface area contributed by atoms with Gasteiger partial charge in [0.1, 0.15) is 11.9 Å². The van der Waals surface area contributed by atoms with E-state index < -0.39 is 6.04 Å². The van der Waals surface area contributed by atoms with Crippen LogP contribution in [0.1, 0.15) is 35.8 Å². The van der Waals surface area contributed by atoms with E-state index in [1.165, 1.54) is 6.07 Å². The number of nitrogens with zero attached hydrogens (tertiary/aromatic N) is 6. The second kappa shape index (κ2) is 10.0. The van der Waals surface area contributed by atoms with E-state index in [4.69, 9.17) is 4.74 Å². The smallest absolute Gasteiger partial charge is 0.253 e. The molecular formula is C27H30FN7O2. The van der Waals surface area contributed by atoms with Gasteiger partial charge in [0.2, 0.25) is 0 Å². The fourth-order valence-electron chi connectivity index (χ4n) is 5.48. The molecule has 0 saturated carbocycles. The first kappa shape index (κ1) is 23.7. The first-order valence-electron chi connectivity index (χ1n) is 12.8. The van der Waals surface area contributed by atoms with Gasteiger partial charge in [-0.05, 0) is 65.4 Å². The van der Waals surface area contributed by atoms with Gasteiger partial charge in [-0.15, -0.1) is 5.10 Å². The fourth-order valence-corrected chi connectivity index (χ4v) is 5.48. The van der Waals surface area contributed by atoms with Gasteiger partial charge in [0.15, 0.2) is 5.82 Å². The van der Waals surface area contributed by atoms with Crippen molar-refractivity contribution in [1.82, 2.24) is 30.1 Å². The highest BCUT2D eigenvalue weighted by Gasteiger charge is 2.34. The number of pyridine rings is 1. The predicted octanol–water partition coefficient (Wildman–Crippen LogP) is 3.05. The average molecular weight is 504 g/mol. The number of hydrogen-bond donors (Lipinski definition) is 1. The maximum atomic E-state index is 14.5. The number of para-hydroxylation sites is 1. The SMILES string of the molecule is Cc1ccc2cc([C@H](c3nnnn3C[C@@H]3CCCO3)N3CCN(c4ccccc4F)CC3)c(=O)[nH]c2c1. The van der Waals surface area contributed by atoms with Crippen LogP contribution in [-0.4, -0.2) is 69.0 Å². The normalized spacial score (nSPS) is 19.5. The Morgan fingerprint density at radius 2 is 1.97 bits per heavy atom. The van der Waals surface area contributed by atoms with Crippen LogP contribution in [0.3, 0.4) is 0 Å². The first-order chi connectivity index (χ1) is 18.1. The highest BCUT2D eigenvalue weighted by atomic mass is 19.1. The molecule has 2 atom stereocenters. The summed E-state index contributed by atoms with van der Waals surface area (Å²) >= 11 is 0. The molecule has 2 fully saturated rings. The zero-order chi connectivity index (χ0) is 25.4. The number of aryl methyl sites for hydroxylation is 1. The second-order valence-corrected chi connectivity index (χ2v) is 9.88. The molecule has 10 heteroatoms. The molecule has 0 spiro atoms. The van der Waals surface area contributed by atoms with Gasteiger partial charge in [-0.1, -0.05) is 24.3 Å². The number of aromatic amines is 1. The van der Waals surface area contributed by atoms with E-state index in [1.807, 2.05) is 42.2 Å². The van der Waals surface area contributed by atoms with Crippen LogP contribution in [0.25, 0.3) is 10.9 Å². The zero-order valence-corrected chi connectivity index (χ0v) is 20.8. The Bertz CT molecular complexity index is 1450. The van der Waals surface area contributed by atoms with Crippen LogP contribution in [0.2, 0.25) is 0 Å². The molecule has 0 unspecified atom stereocenters. The summed E-state index contributed by atoms with van der Waals surface area (Å²) in [7, 11) is 0. The molecule has 0 aliphatic carbocycles. The average Bonchev–Trinajstić information content (AvgIpc) is 3.58. The Labute approximate surface area is 213 Å². The van der Waals surface area contributed by atoms with Gasteiger partial charge in [0.25, 0.3) is 5.56 Å². The third kappa shape index (κ3) is 4.74. The molecule has 0 radical (unpaired) electrons. The number of ether oxygens (including phenoxy) is 1. The van der Waals surface area contributed by atoms with Crippen molar-refractivity contribution in [1.29, 1.82) is 0 Å². The maximum absolute atomic E-state index is 14.5. The van der Waals surface area contributed by atoms with Crippen molar-refractivity contribution < 1.29 is 9.13 Å². The lowest BCUT2D eigenvalue weighted by Crippen LogP contribution is -2.49. The van der Waals surface area contributed by atoms with Gasteiger partial charge in [-0.2, -0.15) is 0 Å². The Kier molecular flexibility index (Phi) is 6.43. The summed E-state index contributed by atoms with van der Waals surface area (Å²) in [6.45, 7) is 5.77. The van der Waals surface area contributed by atoms with Crippen molar-refractivity contribution in [3.05, 3.63) is 81.7 Å². The molecule has 4 heterocycles. The Morgan fingerprint density at radius 1 is 1.14 bits per heavy atom. The zero-order valence-electron chi connectivity index (χ0n) is 20.8. The largest absolute Gasteiger partial charge is 0.376 e. The number of tetrazole rings is 1. The van der Waals surface area contributed by atoms with Gasteiger partial charge in [-0.25, -0.2) is 9.07 Å². The van der Waals surface area contributed by atoms with Gasteiger partial charge < -0.3 is 14.6 Å². The van der Waals surface area contributed by atoms with Gasteiger partial charge in [0.05, 0.1) is 18.3 Å². The summed E-state index contributed by atoms with van der Waals surface area (Å²) in [6.07, 6.45) is 2.03. The molecule has 2 saturated heterocycles. The summed E-state index contributed by atoms with van der Waals surface area (Å²) in [5, 5.41) is 13.6.